The first-order chi connectivity index (χ1) is 12.0. The fourth-order valence-corrected chi connectivity index (χ4v) is 3.75. The van der Waals surface area contributed by atoms with Crippen molar-refractivity contribution < 1.29 is 9.53 Å². The first-order valence-corrected chi connectivity index (χ1v) is 8.92. The van der Waals surface area contributed by atoms with Gasteiger partial charge in [-0.2, -0.15) is 5.26 Å². The lowest BCUT2D eigenvalue weighted by atomic mass is 9.68. The van der Waals surface area contributed by atoms with Crippen LogP contribution in [0.5, 0.6) is 0 Å². The molecular weight excluding hydrogens is 312 g/mol. The van der Waals surface area contributed by atoms with Crippen LogP contribution in [-0.2, 0) is 17.6 Å². The fraction of sp³-hybridized carbons (Fsp3) is 0.476. The minimum atomic E-state index is -0.411. The molecule has 1 aromatic heterocycles. The average Bonchev–Trinajstić information content (AvgIpc) is 2.63. The molecule has 2 aromatic rings. The van der Waals surface area contributed by atoms with Crippen molar-refractivity contribution in [2.75, 3.05) is 6.61 Å². The molecule has 3 rings (SSSR count). The summed E-state index contributed by atoms with van der Waals surface area (Å²) in [7, 11) is 0. The Morgan fingerprint density at radius 3 is 2.88 bits per heavy atom. The van der Waals surface area contributed by atoms with Crippen LogP contribution in [0.15, 0.2) is 24.3 Å². The normalized spacial score (nSPS) is 17.0. The molecule has 4 nitrogen and oxygen atoms in total. The number of nitriles is 1. The van der Waals surface area contributed by atoms with Crippen LogP contribution < -0.4 is 0 Å². The third-order valence-corrected chi connectivity index (χ3v) is 5.75. The zero-order chi connectivity index (χ0) is 18.0. The van der Waals surface area contributed by atoms with E-state index in [1.807, 2.05) is 30.3 Å². The van der Waals surface area contributed by atoms with E-state index in [0.717, 1.165) is 47.8 Å². The van der Waals surface area contributed by atoms with Gasteiger partial charge >= 0.3 is 5.97 Å². The van der Waals surface area contributed by atoms with Crippen LogP contribution in [0.2, 0.25) is 0 Å². The highest BCUT2D eigenvalue weighted by molar-refractivity contribution is 6.05. The van der Waals surface area contributed by atoms with Gasteiger partial charge in [0, 0.05) is 11.1 Å². The number of carbonyl (C=O) groups excluding carboxylic acids is 1. The fourth-order valence-electron chi connectivity index (χ4n) is 3.75. The Balaban J connectivity index is 2.13. The number of fused-ring (bicyclic) bond motifs is 2. The SMILES string of the molecule is CCC(C)(C)C1CCc2nc3ccccc3c(C(=O)OCC#N)c2C1. The molecule has 0 aliphatic heterocycles. The predicted octanol–water partition coefficient (Wildman–Crippen LogP) is 4.46. The third kappa shape index (κ3) is 3.24. The molecule has 0 fully saturated rings. The number of pyridine rings is 1. The zero-order valence-corrected chi connectivity index (χ0v) is 15.1. The number of esters is 1. The van der Waals surface area contributed by atoms with Crippen molar-refractivity contribution in [3.05, 3.63) is 41.1 Å². The van der Waals surface area contributed by atoms with E-state index >= 15 is 0 Å². The Bertz CT molecular complexity index is 849. The van der Waals surface area contributed by atoms with E-state index in [4.69, 9.17) is 15.0 Å². The molecular formula is C21H24N2O2. The number of para-hydroxylation sites is 1. The maximum absolute atomic E-state index is 12.7. The summed E-state index contributed by atoms with van der Waals surface area (Å²) in [5, 5.41) is 9.57. The van der Waals surface area contributed by atoms with Crippen molar-refractivity contribution in [2.24, 2.45) is 11.3 Å². The number of hydrogen-bond donors (Lipinski definition) is 0. The summed E-state index contributed by atoms with van der Waals surface area (Å²) in [4.78, 5) is 17.5. The molecule has 25 heavy (non-hydrogen) atoms. The minimum absolute atomic E-state index is 0.219. The number of carbonyl (C=O) groups is 1. The smallest absolute Gasteiger partial charge is 0.340 e. The van der Waals surface area contributed by atoms with Gasteiger partial charge < -0.3 is 4.74 Å². The number of nitrogens with zero attached hydrogens (tertiary/aromatic N) is 2. The second-order valence-corrected chi connectivity index (χ2v) is 7.45. The highest BCUT2D eigenvalue weighted by Gasteiger charge is 2.34. The maximum atomic E-state index is 12.7. The Morgan fingerprint density at radius 2 is 2.16 bits per heavy atom. The van der Waals surface area contributed by atoms with Crippen LogP contribution in [0.1, 0.15) is 55.2 Å². The lowest BCUT2D eigenvalue weighted by molar-refractivity contribution is 0.0554. The predicted molar refractivity (Wildman–Crippen MR) is 97.2 cm³/mol. The molecule has 4 heteroatoms. The molecule has 1 heterocycles. The highest BCUT2D eigenvalue weighted by Crippen LogP contribution is 2.41. The van der Waals surface area contributed by atoms with E-state index in [2.05, 4.69) is 20.8 Å². The second kappa shape index (κ2) is 6.84. The van der Waals surface area contributed by atoms with Crippen LogP contribution in [0.3, 0.4) is 0 Å². The van der Waals surface area contributed by atoms with Gasteiger partial charge in [-0.1, -0.05) is 45.4 Å². The van der Waals surface area contributed by atoms with Crippen molar-refractivity contribution in [3.63, 3.8) is 0 Å². The summed E-state index contributed by atoms with van der Waals surface area (Å²) < 4.78 is 5.17. The number of ether oxygens (including phenoxy) is 1. The van der Waals surface area contributed by atoms with Gasteiger partial charge in [0.1, 0.15) is 6.07 Å². The summed E-state index contributed by atoms with van der Waals surface area (Å²) >= 11 is 0. The molecule has 0 bridgehead atoms. The summed E-state index contributed by atoms with van der Waals surface area (Å²) in [6, 6.07) is 9.57. The molecule has 130 valence electrons. The molecule has 0 saturated heterocycles. The zero-order valence-electron chi connectivity index (χ0n) is 15.1. The number of aromatic nitrogens is 1. The molecule has 0 amide bonds. The molecule has 1 aliphatic carbocycles. The first kappa shape index (κ1) is 17.4. The van der Waals surface area contributed by atoms with Gasteiger partial charge in [-0.05, 0) is 42.2 Å². The summed E-state index contributed by atoms with van der Waals surface area (Å²) in [6.45, 7) is 6.58. The van der Waals surface area contributed by atoms with E-state index in [9.17, 15) is 4.79 Å². The minimum Gasteiger partial charge on any atom is -0.447 e. The number of hydrogen-bond acceptors (Lipinski definition) is 4. The van der Waals surface area contributed by atoms with Crippen LogP contribution in [0, 0.1) is 22.7 Å². The summed E-state index contributed by atoms with van der Waals surface area (Å²) in [5.74, 6) is 0.0989. The molecule has 0 spiro atoms. The second-order valence-electron chi connectivity index (χ2n) is 7.45. The lowest BCUT2D eigenvalue weighted by Crippen LogP contribution is -2.30. The Labute approximate surface area is 148 Å². The van der Waals surface area contributed by atoms with Crippen molar-refractivity contribution in [3.8, 4) is 6.07 Å². The Kier molecular flexibility index (Phi) is 4.76. The van der Waals surface area contributed by atoms with Gasteiger partial charge in [-0.25, -0.2) is 4.79 Å². The van der Waals surface area contributed by atoms with Gasteiger partial charge in [0.25, 0.3) is 0 Å². The van der Waals surface area contributed by atoms with E-state index in [1.54, 1.807) is 0 Å². The molecule has 0 radical (unpaired) electrons. The van der Waals surface area contributed by atoms with Crippen LogP contribution in [0.25, 0.3) is 10.9 Å². The van der Waals surface area contributed by atoms with Gasteiger partial charge in [-0.3, -0.25) is 4.98 Å². The van der Waals surface area contributed by atoms with Crippen molar-refractivity contribution in [1.82, 2.24) is 4.98 Å². The number of aryl methyl sites for hydroxylation is 1. The molecule has 1 aliphatic rings. The van der Waals surface area contributed by atoms with Crippen molar-refractivity contribution in [2.45, 2.75) is 46.5 Å². The standard InChI is InChI=1S/C21H24N2O2/c1-4-21(2,3)14-9-10-18-16(13-14)19(20(24)25-12-11-22)15-7-5-6-8-17(15)23-18/h5-8,14H,4,9-10,12-13H2,1-3H3. The van der Waals surface area contributed by atoms with Crippen LogP contribution >= 0.6 is 0 Å². The number of rotatable bonds is 4. The van der Waals surface area contributed by atoms with E-state index < -0.39 is 5.97 Å². The van der Waals surface area contributed by atoms with E-state index in [-0.39, 0.29) is 12.0 Å². The molecule has 1 atom stereocenters. The van der Waals surface area contributed by atoms with Crippen molar-refractivity contribution in [1.29, 1.82) is 5.26 Å². The topological polar surface area (TPSA) is 63.0 Å². The third-order valence-electron chi connectivity index (χ3n) is 5.75. The van der Waals surface area contributed by atoms with E-state index in [0.29, 0.717) is 11.5 Å². The largest absolute Gasteiger partial charge is 0.447 e. The highest BCUT2D eigenvalue weighted by atomic mass is 16.5. The first-order valence-electron chi connectivity index (χ1n) is 8.92. The Hall–Kier alpha value is -2.41. The lowest BCUT2D eigenvalue weighted by Gasteiger charge is -2.37. The summed E-state index contributed by atoms with van der Waals surface area (Å²) in [5.41, 5.74) is 3.66. The summed E-state index contributed by atoms with van der Waals surface area (Å²) in [6.07, 6.45) is 3.91. The maximum Gasteiger partial charge on any atom is 0.340 e. The van der Waals surface area contributed by atoms with Gasteiger partial charge in [-0.15, -0.1) is 0 Å². The van der Waals surface area contributed by atoms with Crippen LogP contribution in [0.4, 0.5) is 0 Å². The average molecular weight is 336 g/mol. The molecule has 1 aromatic carbocycles. The molecule has 1 unspecified atom stereocenters. The Morgan fingerprint density at radius 1 is 1.40 bits per heavy atom. The van der Waals surface area contributed by atoms with Gasteiger partial charge in [0.05, 0.1) is 11.1 Å². The number of benzene rings is 1. The quantitative estimate of drug-likeness (QED) is 0.774. The van der Waals surface area contributed by atoms with Crippen molar-refractivity contribution >= 4 is 16.9 Å². The van der Waals surface area contributed by atoms with Crippen LogP contribution in [-0.4, -0.2) is 17.6 Å². The van der Waals surface area contributed by atoms with Gasteiger partial charge in [0.2, 0.25) is 0 Å². The molecule has 0 saturated carbocycles. The van der Waals surface area contributed by atoms with E-state index in [1.165, 1.54) is 0 Å². The molecule has 0 N–H and O–H groups in total. The monoisotopic (exact) mass is 336 g/mol. The van der Waals surface area contributed by atoms with Gasteiger partial charge in [0.15, 0.2) is 6.61 Å².